The Hall–Kier alpha value is -0.340. The van der Waals surface area contributed by atoms with Crippen LogP contribution in [0.5, 0.6) is 0 Å². The van der Waals surface area contributed by atoms with Gasteiger partial charge >= 0.3 is 0 Å². The normalized spacial score (nSPS) is 19.4. The summed E-state index contributed by atoms with van der Waals surface area (Å²) in [6.07, 6.45) is 26.9. The molecule has 0 spiro atoms. The number of aliphatic hydroxyl groups is 2. The third-order valence-electron chi connectivity index (χ3n) is 8.25. The van der Waals surface area contributed by atoms with Crippen molar-refractivity contribution in [3.8, 4) is 0 Å². The molecule has 0 radical (unpaired) electrons. The van der Waals surface area contributed by atoms with Crippen LogP contribution in [0.4, 0.5) is 0 Å². The molecule has 1 saturated heterocycles. The van der Waals surface area contributed by atoms with E-state index in [4.69, 9.17) is 38.6 Å². The van der Waals surface area contributed by atoms with Gasteiger partial charge in [-0.15, -0.1) is 0 Å². The van der Waals surface area contributed by atoms with Crippen LogP contribution in [-0.2, 0) is 14.2 Å². The first kappa shape index (κ1) is 38.7. The van der Waals surface area contributed by atoms with Crippen LogP contribution in [0.3, 0.4) is 0 Å². The fraction of sp³-hybridized carbons (Fsp3) is 0.941. The van der Waals surface area contributed by atoms with E-state index in [0.717, 1.165) is 32.1 Å². The molecule has 5 nitrogen and oxygen atoms in total. The van der Waals surface area contributed by atoms with Crippen LogP contribution in [0.1, 0.15) is 168 Å². The summed E-state index contributed by atoms with van der Waals surface area (Å²) in [5, 5.41) is 21.7. The molecule has 0 aromatic carbocycles. The zero-order chi connectivity index (χ0) is 30.0. The molecule has 242 valence electrons. The molecule has 4 atom stereocenters. The number of rotatable bonds is 28. The third kappa shape index (κ3) is 20.3. The quantitative estimate of drug-likeness (QED) is 0.0670. The minimum atomic E-state index is -0.910. The van der Waals surface area contributed by atoms with E-state index in [2.05, 4.69) is 13.8 Å². The minimum absolute atomic E-state index is 0.232. The van der Waals surface area contributed by atoms with Gasteiger partial charge in [-0.1, -0.05) is 142 Å². The van der Waals surface area contributed by atoms with E-state index in [9.17, 15) is 10.2 Å². The number of aliphatic hydroxyl groups excluding tert-OH is 2. The van der Waals surface area contributed by atoms with Crippen molar-refractivity contribution in [1.29, 1.82) is 0 Å². The predicted molar refractivity (Wildman–Crippen MR) is 180 cm³/mol. The number of ether oxygens (including phenoxy) is 3. The van der Waals surface area contributed by atoms with E-state index in [1.54, 1.807) is 0 Å². The molecule has 1 rings (SSSR count). The van der Waals surface area contributed by atoms with Crippen LogP contribution < -0.4 is 0 Å². The molecular weight excluding hydrogens is 553 g/mol. The average molecular weight is 617 g/mol. The van der Waals surface area contributed by atoms with Gasteiger partial charge in [0.1, 0.15) is 12.2 Å². The lowest BCUT2D eigenvalue weighted by atomic mass is 10.0. The highest BCUT2D eigenvalue weighted by atomic mass is 32.1. The van der Waals surface area contributed by atoms with Gasteiger partial charge in [-0.25, -0.2) is 0 Å². The van der Waals surface area contributed by atoms with Crippen molar-refractivity contribution in [3.63, 3.8) is 0 Å². The Bertz CT molecular complexity index is 632. The molecule has 41 heavy (non-hydrogen) atoms. The fourth-order valence-electron chi connectivity index (χ4n) is 5.58. The second-order valence-electron chi connectivity index (χ2n) is 12.1. The van der Waals surface area contributed by atoms with Crippen molar-refractivity contribution in [2.75, 3.05) is 13.2 Å². The van der Waals surface area contributed by atoms with Crippen molar-refractivity contribution >= 4 is 34.5 Å². The summed E-state index contributed by atoms with van der Waals surface area (Å²) >= 11 is 10.9. The Morgan fingerprint density at radius 1 is 0.659 bits per heavy atom. The molecule has 1 aliphatic rings. The number of thiocarbonyl (C=S) groups is 2. The van der Waals surface area contributed by atoms with Gasteiger partial charge in [0, 0.05) is 12.8 Å². The molecule has 0 aliphatic carbocycles. The van der Waals surface area contributed by atoms with Crippen LogP contribution in [0.15, 0.2) is 0 Å². The van der Waals surface area contributed by atoms with Crippen molar-refractivity contribution < 1.29 is 24.4 Å². The standard InChI is InChI=1S/C34H64O5S2/c1-3-5-7-9-11-13-15-17-19-21-23-25-31(40)38-29(27-35)34-33(36)30(28-37-34)39-32(41)26-24-22-20-18-16-14-12-10-8-6-4-2/h29-30,33-36H,3-28H2,1-2H3/t29-,30+,33+,34+/m1/s1. The Morgan fingerprint density at radius 2 is 1.05 bits per heavy atom. The number of hydrogen-bond donors (Lipinski definition) is 2. The summed E-state index contributed by atoms with van der Waals surface area (Å²) in [7, 11) is 0. The molecular formula is C34H64O5S2. The highest BCUT2D eigenvalue weighted by Gasteiger charge is 2.43. The Balaban J connectivity index is 2.11. The zero-order valence-corrected chi connectivity index (χ0v) is 28.3. The lowest BCUT2D eigenvalue weighted by Gasteiger charge is -2.26. The first-order chi connectivity index (χ1) is 20.0. The summed E-state index contributed by atoms with van der Waals surface area (Å²) < 4.78 is 17.5. The van der Waals surface area contributed by atoms with E-state index in [0.29, 0.717) is 16.5 Å². The highest BCUT2D eigenvalue weighted by Crippen LogP contribution is 2.24. The first-order valence-electron chi connectivity index (χ1n) is 17.3. The van der Waals surface area contributed by atoms with E-state index in [1.165, 1.54) is 116 Å². The maximum absolute atomic E-state index is 10.8. The Kier molecular flexibility index (Phi) is 25.7. The van der Waals surface area contributed by atoms with Gasteiger partial charge in [0.05, 0.1) is 13.2 Å². The highest BCUT2D eigenvalue weighted by molar-refractivity contribution is 7.80. The number of unbranched alkanes of at least 4 members (excludes halogenated alkanes) is 20. The minimum Gasteiger partial charge on any atom is -0.479 e. The molecule has 0 aromatic rings. The molecule has 0 bridgehead atoms. The summed E-state index contributed by atoms with van der Waals surface area (Å²) in [5.74, 6) is 0. The monoisotopic (exact) mass is 616 g/mol. The van der Waals surface area contributed by atoms with Crippen molar-refractivity contribution in [2.24, 2.45) is 0 Å². The lowest BCUT2D eigenvalue weighted by Crippen LogP contribution is -2.43. The SMILES string of the molecule is CCCCCCCCCCCCCC(=S)O[C@H]1CO[C@@H]([C@@H](CO)OC(=S)CCCCCCCCCCCCC)[C@H]1O. The van der Waals surface area contributed by atoms with E-state index >= 15 is 0 Å². The number of hydrogen-bond acceptors (Lipinski definition) is 7. The fourth-order valence-corrected chi connectivity index (χ4v) is 6.11. The lowest BCUT2D eigenvalue weighted by molar-refractivity contribution is -0.0615. The molecule has 7 heteroatoms. The van der Waals surface area contributed by atoms with Crippen LogP contribution >= 0.6 is 24.4 Å². The topological polar surface area (TPSA) is 68.2 Å². The third-order valence-corrected chi connectivity index (χ3v) is 8.85. The van der Waals surface area contributed by atoms with Crippen LogP contribution in [0, 0.1) is 0 Å². The zero-order valence-electron chi connectivity index (χ0n) is 26.6. The van der Waals surface area contributed by atoms with E-state index < -0.39 is 24.4 Å². The molecule has 2 N–H and O–H groups in total. The Morgan fingerprint density at radius 3 is 1.46 bits per heavy atom. The van der Waals surface area contributed by atoms with Gasteiger partial charge in [0.2, 0.25) is 0 Å². The van der Waals surface area contributed by atoms with Crippen molar-refractivity contribution in [3.05, 3.63) is 0 Å². The molecule has 0 aromatic heterocycles. The average Bonchev–Trinajstić information content (AvgIpc) is 3.32. The van der Waals surface area contributed by atoms with E-state index in [1.807, 2.05) is 0 Å². The second kappa shape index (κ2) is 27.2. The van der Waals surface area contributed by atoms with Gasteiger partial charge in [-0.2, -0.15) is 0 Å². The van der Waals surface area contributed by atoms with Gasteiger partial charge in [-0.3, -0.25) is 0 Å². The molecule has 0 amide bonds. The summed E-state index contributed by atoms with van der Waals surface area (Å²) in [6, 6.07) is 0. The smallest absolute Gasteiger partial charge is 0.160 e. The molecule has 0 saturated carbocycles. The van der Waals surface area contributed by atoms with Gasteiger partial charge in [-0.05, 0) is 37.3 Å². The summed E-state index contributed by atoms with van der Waals surface area (Å²) in [6.45, 7) is 4.48. The van der Waals surface area contributed by atoms with Gasteiger partial charge in [0.15, 0.2) is 22.3 Å². The predicted octanol–water partition coefficient (Wildman–Crippen LogP) is 9.57. The van der Waals surface area contributed by atoms with Crippen LogP contribution in [0.2, 0.25) is 0 Å². The maximum Gasteiger partial charge on any atom is 0.160 e. The summed E-state index contributed by atoms with van der Waals surface area (Å²) in [5.41, 5.74) is 0. The summed E-state index contributed by atoms with van der Waals surface area (Å²) in [4.78, 5) is 0. The molecule has 1 fully saturated rings. The van der Waals surface area contributed by atoms with Gasteiger partial charge in [0.25, 0.3) is 0 Å². The Labute approximate surface area is 263 Å². The van der Waals surface area contributed by atoms with Crippen molar-refractivity contribution in [2.45, 2.75) is 192 Å². The van der Waals surface area contributed by atoms with E-state index in [-0.39, 0.29) is 13.2 Å². The largest absolute Gasteiger partial charge is 0.479 e. The van der Waals surface area contributed by atoms with Gasteiger partial charge < -0.3 is 24.4 Å². The van der Waals surface area contributed by atoms with Crippen molar-refractivity contribution in [1.82, 2.24) is 0 Å². The molecule has 1 aliphatic heterocycles. The maximum atomic E-state index is 10.8. The molecule has 1 heterocycles. The molecule has 0 unspecified atom stereocenters. The first-order valence-corrected chi connectivity index (χ1v) is 18.1. The van der Waals surface area contributed by atoms with Crippen LogP contribution in [-0.4, -0.2) is 57.9 Å². The second-order valence-corrected chi connectivity index (χ2v) is 13.0. The van der Waals surface area contributed by atoms with Crippen LogP contribution in [0.25, 0.3) is 0 Å².